The number of benzene rings is 2. The van der Waals surface area contributed by atoms with Gasteiger partial charge in [-0.3, -0.25) is 0 Å². The van der Waals surface area contributed by atoms with Crippen LogP contribution in [0.4, 0.5) is 5.69 Å². The Morgan fingerprint density at radius 1 is 1.09 bits per heavy atom. The summed E-state index contributed by atoms with van der Waals surface area (Å²) in [6.07, 6.45) is 2.15. The highest BCUT2D eigenvalue weighted by Gasteiger charge is 2.09. The molecule has 3 rings (SSSR count). The van der Waals surface area contributed by atoms with Crippen LogP contribution in [0.1, 0.15) is 19.8 Å². The summed E-state index contributed by atoms with van der Waals surface area (Å²) in [4.78, 5) is 4.72. The number of hydrogen-bond acceptors (Lipinski definition) is 4. The zero-order chi connectivity index (χ0) is 16.1. The van der Waals surface area contributed by atoms with Crippen molar-refractivity contribution >= 4 is 17.0 Å². The molecule has 0 fully saturated rings. The number of nitrogens with two attached hydrogens (primary N) is 1. The monoisotopic (exact) mass is 324 g/mol. The van der Waals surface area contributed by atoms with E-state index >= 15 is 0 Å². The Balaban J connectivity index is 1.80. The Hall–Kier alpha value is -2.33. The molecule has 0 atom stereocenters. The van der Waals surface area contributed by atoms with Gasteiger partial charge in [0.1, 0.15) is 10.8 Å². The van der Waals surface area contributed by atoms with Crippen molar-refractivity contribution in [2.24, 2.45) is 0 Å². The predicted octanol–water partition coefficient (Wildman–Crippen LogP) is 5.24. The summed E-state index contributed by atoms with van der Waals surface area (Å²) >= 11 is 1.63. The van der Waals surface area contributed by atoms with Crippen molar-refractivity contribution in [1.82, 2.24) is 4.98 Å². The maximum atomic E-state index is 6.11. The lowest BCUT2D eigenvalue weighted by molar-refractivity contribution is 0.311. The van der Waals surface area contributed by atoms with Gasteiger partial charge in [-0.1, -0.05) is 43.7 Å². The van der Waals surface area contributed by atoms with E-state index in [1.807, 2.05) is 36.4 Å². The van der Waals surface area contributed by atoms with Crippen LogP contribution in [0.15, 0.2) is 53.9 Å². The van der Waals surface area contributed by atoms with Crippen molar-refractivity contribution in [1.29, 1.82) is 0 Å². The second kappa shape index (κ2) is 7.29. The minimum atomic E-state index is 0.662. The van der Waals surface area contributed by atoms with Crippen LogP contribution in [0, 0.1) is 0 Å². The van der Waals surface area contributed by atoms with Gasteiger partial charge in [-0.2, -0.15) is 0 Å². The quantitative estimate of drug-likeness (QED) is 0.498. The van der Waals surface area contributed by atoms with Gasteiger partial charge in [-0.25, -0.2) is 4.98 Å². The fraction of sp³-hybridized carbons (Fsp3) is 0.211. The van der Waals surface area contributed by atoms with Crippen LogP contribution in [0.5, 0.6) is 5.75 Å². The Kier molecular flexibility index (Phi) is 4.93. The number of ether oxygens (including phenoxy) is 1. The zero-order valence-corrected chi connectivity index (χ0v) is 14.0. The zero-order valence-electron chi connectivity index (χ0n) is 13.2. The van der Waals surface area contributed by atoms with Crippen molar-refractivity contribution in [3.05, 3.63) is 53.9 Å². The molecule has 0 saturated carbocycles. The first-order valence-corrected chi connectivity index (χ1v) is 8.69. The maximum Gasteiger partial charge on any atom is 0.142 e. The van der Waals surface area contributed by atoms with Crippen LogP contribution in [0.2, 0.25) is 0 Å². The van der Waals surface area contributed by atoms with Gasteiger partial charge in [0, 0.05) is 16.5 Å². The van der Waals surface area contributed by atoms with Crippen molar-refractivity contribution in [3.8, 4) is 27.6 Å². The van der Waals surface area contributed by atoms with E-state index in [4.69, 9.17) is 15.5 Å². The molecule has 4 heteroatoms. The van der Waals surface area contributed by atoms with Crippen LogP contribution >= 0.6 is 11.3 Å². The Bertz CT molecular complexity index is 768. The molecular formula is C19H20N2OS. The highest BCUT2D eigenvalue weighted by Crippen LogP contribution is 2.32. The van der Waals surface area contributed by atoms with Crippen molar-refractivity contribution in [2.45, 2.75) is 19.8 Å². The maximum absolute atomic E-state index is 6.11. The lowest BCUT2D eigenvalue weighted by Gasteiger charge is -2.09. The average molecular weight is 324 g/mol. The fourth-order valence-corrected chi connectivity index (χ4v) is 3.11. The lowest BCUT2D eigenvalue weighted by atomic mass is 10.1. The number of thiazole rings is 1. The smallest absolute Gasteiger partial charge is 0.142 e. The van der Waals surface area contributed by atoms with E-state index < -0.39 is 0 Å². The van der Waals surface area contributed by atoms with Crippen molar-refractivity contribution in [3.63, 3.8) is 0 Å². The number of anilines is 1. The first-order valence-electron chi connectivity index (χ1n) is 7.81. The van der Waals surface area contributed by atoms with Crippen molar-refractivity contribution in [2.75, 3.05) is 12.3 Å². The normalized spacial score (nSPS) is 10.7. The highest BCUT2D eigenvalue weighted by atomic mass is 32.1. The number of nitrogens with zero attached hydrogens (tertiary/aromatic N) is 1. The molecule has 1 aromatic heterocycles. The second-order valence-electron chi connectivity index (χ2n) is 5.36. The molecule has 3 nitrogen and oxygen atoms in total. The molecule has 0 amide bonds. The molecule has 0 spiro atoms. The number of aromatic nitrogens is 1. The molecule has 1 heterocycles. The molecule has 0 bridgehead atoms. The van der Waals surface area contributed by atoms with Crippen LogP contribution in [-0.2, 0) is 0 Å². The molecule has 0 saturated heterocycles. The molecule has 2 N–H and O–H groups in total. The van der Waals surface area contributed by atoms with Gasteiger partial charge in [-0.15, -0.1) is 11.3 Å². The van der Waals surface area contributed by atoms with Gasteiger partial charge in [0.2, 0.25) is 0 Å². The molecule has 23 heavy (non-hydrogen) atoms. The van der Waals surface area contributed by atoms with Crippen molar-refractivity contribution < 1.29 is 4.74 Å². The SMILES string of the molecule is CCCCOc1ccc(-c2nc(-c3ccccc3)cs2)cc1N. The number of unbranched alkanes of at least 4 members (excludes halogenated alkanes) is 1. The summed E-state index contributed by atoms with van der Waals surface area (Å²) in [5.74, 6) is 0.752. The number of rotatable bonds is 6. The third-order valence-corrected chi connectivity index (χ3v) is 4.48. The van der Waals surface area contributed by atoms with Gasteiger partial charge in [0.05, 0.1) is 18.0 Å². The van der Waals surface area contributed by atoms with E-state index in [0.717, 1.165) is 40.4 Å². The van der Waals surface area contributed by atoms with E-state index in [-0.39, 0.29) is 0 Å². The minimum absolute atomic E-state index is 0.662. The first-order chi connectivity index (χ1) is 11.3. The molecule has 0 aliphatic heterocycles. The van der Waals surface area contributed by atoms with Crippen LogP contribution in [0.3, 0.4) is 0 Å². The number of hydrogen-bond donors (Lipinski definition) is 1. The van der Waals surface area contributed by atoms with Crippen LogP contribution in [0.25, 0.3) is 21.8 Å². The largest absolute Gasteiger partial charge is 0.491 e. The molecule has 3 aromatic rings. The standard InChI is InChI=1S/C19H20N2OS/c1-2-3-11-22-18-10-9-15(12-16(18)20)19-21-17(13-23-19)14-7-5-4-6-8-14/h4-10,12-13H,2-3,11,20H2,1H3. The molecule has 0 aliphatic carbocycles. The molecule has 0 unspecified atom stereocenters. The van der Waals surface area contributed by atoms with E-state index in [1.165, 1.54) is 0 Å². The molecule has 118 valence electrons. The Morgan fingerprint density at radius 2 is 1.91 bits per heavy atom. The molecule has 2 aromatic carbocycles. The van der Waals surface area contributed by atoms with E-state index in [9.17, 15) is 0 Å². The minimum Gasteiger partial charge on any atom is -0.491 e. The second-order valence-corrected chi connectivity index (χ2v) is 6.22. The summed E-state index contributed by atoms with van der Waals surface area (Å²) in [6.45, 7) is 2.85. The lowest BCUT2D eigenvalue weighted by Crippen LogP contribution is -2.00. The van der Waals surface area contributed by atoms with Crippen LogP contribution in [-0.4, -0.2) is 11.6 Å². The Morgan fingerprint density at radius 3 is 2.65 bits per heavy atom. The van der Waals surface area contributed by atoms with E-state index in [0.29, 0.717) is 12.3 Å². The van der Waals surface area contributed by atoms with Gasteiger partial charge < -0.3 is 10.5 Å². The van der Waals surface area contributed by atoms with Crippen LogP contribution < -0.4 is 10.5 Å². The van der Waals surface area contributed by atoms with E-state index in [1.54, 1.807) is 11.3 Å². The van der Waals surface area contributed by atoms with Gasteiger partial charge in [0.25, 0.3) is 0 Å². The number of nitrogen functional groups attached to an aromatic ring is 1. The predicted molar refractivity (Wildman–Crippen MR) is 97.8 cm³/mol. The summed E-state index contributed by atoms with van der Waals surface area (Å²) in [6, 6.07) is 16.1. The Labute approximate surface area is 140 Å². The summed E-state index contributed by atoms with van der Waals surface area (Å²) < 4.78 is 5.70. The first kappa shape index (κ1) is 15.6. The highest BCUT2D eigenvalue weighted by molar-refractivity contribution is 7.13. The third kappa shape index (κ3) is 3.71. The molecule has 0 radical (unpaired) electrons. The summed E-state index contributed by atoms with van der Waals surface area (Å²) in [5, 5.41) is 3.04. The fourth-order valence-electron chi connectivity index (χ4n) is 2.29. The van der Waals surface area contributed by atoms with Gasteiger partial charge in [-0.05, 0) is 24.6 Å². The topological polar surface area (TPSA) is 48.1 Å². The molecule has 0 aliphatic rings. The van der Waals surface area contributed by atoms with E-state index in [2.05, 4.69) is 24.4 Å². The average Bonchev–Trinajstić information content (AvgIpc) is 3.07. The van der Waals surface area contributed by atoms with Gasteiger partial charge >= 0.3 is 0 Å². The molecular weight excluding hydrogens is 304 g/mol. The summed E-state index contributed by atoms with van der Waals surface area (Å²) in [7, 11) is 0. The third-order valence-electron chi connectivity index (χ3n) is 3.59. The van der Waals surface area contributed by atoms with Gasteiger partial charge in [0.15, 0.2) is 0 Å². The summed E-state index contributed by atoms with van der Waals surface area (Å²) in [5.41, 5.74) is 9.92.